The zero-order valence-electron chi connectivity index (χ0n) is 31.0. The van der Waals surface area contributed by atoms with Gasteiger partial charge in [-0.3, -0.25) is 4.98 Å². The minimum atomic E-state index is -1.43. The molecule has 1 radical (unpaired) electrons. The number of rotatable bonds is 7. The number of thiophene rings is 1. The summed E-state index contributed by atoms with van der Waals surface area (Å²) in [6, 6.07) is 38.6. The minimum absolute atomic E-state index is 0. The molecule has 263 valence electrons. The van der Waals surface area contributed by atoms with Gasteiger partial charge in [-0.15, -0.1) is 59.7 Å². The monoisotopic (exact) mass is 882 g/mol. The molecule has 0 unspecified atom stereocenters. The summed E-state index contributed by atoms with van der Waals surface area (Å²) >= 11 is 1.78. The van der Waals surface area contributed by atoms with Crippen LogP contribution in [-0.2, 0) is 32.9 Å². The second kappa shape index (κ2) is 16.3. The van der Waals surface area contributed by atoms with Crippen LogP contribution in [0.4, 0.5) is 0 Å². The average molecular weight is 882 g/mol. The van der Waals surface area contributed by atoms with E-state index >= 15 is 0 Å². The molecule has 0 N–H and O–H groups in total. The van der Waals surface area contributed by atoms with Crippen molar-refractivity contribution >= 4 is 44.8 Å². The SMILES string of the molecule is CC(C)c1cc2c(cn1)sc1c[c-]c(-c3cc(CC(C)(C)C)ccn3)cc12.C[Si](C)(C)c1cnc(-c2[c-]cccc2)cc1Cc1ccccc1.[Ir]. The second-order valence-electron chi connectivity index (χ2n) is 15.7. The topological polar surface area (TPSA) is 38.7 Å². The number of aromatic nitrogens is 3. The Morgan fingerprint density at radius 1 is 0.725 bits per heavy atom. The summed E-state index contributed by atoms with van der Waals surface area (Å²) in [7, 11) is -1.43. The summed E-state index contributed by atoms with van der Waals surface area (Å²) < 4.78 is 2.48. The number of pyridine rings is 3. The Morgan fingerprint density at radius 3 is 2.14 bits per heavy atom. The first-order chi connectivity index (χ1) is 23.8. The van der Waals surface area contributed by atoms with E-state index in [0.29, 0.717) is 5.92 Å². The Labute approximate surface area is 323 Å². The number of benzene rings is 3. The van der Waals surface area contributed by atoms with E-state index in [1.165, 1.54) is 42.0 Å². The fourth-order valence-corrected chi connectivity index (χ4v) is 8.88. The van der Waals surface area contributed by atoms with Crippen LogP contribution in [0, 0.1) is 17.5 Å². The molecule has 6 heteroatoms. The molecule has 4 aromatic heterocycles. The maximum Gasteiger partial charge on any atom is 0.0799 e. The largest absolute Gasteiger partial charge is 0.305 e. The Kier molecular flexibility index (Phi) is 12.2. The normalized spacial score (nSPS) is 11.7. The molecule has 0 aliphatic heterocycles. The van der Waals surface area contributed by atoms with Gasteiger partial charge in [-0.25, -0.2) is 0 Å². The smallest absolute Gasteiger partial charge is 0.0799 e. The summed E-state index contributed by atoms with van der Waals surface area (Å²) in [5.74, 6) is 0.426. The Hall–Kier alpha value is -3.80. The Bertz CT molecular complexity index is 2220. The molecule has 7 rings (SSSR count). The number of hydrogen-bond donors (Lipinski definition) is 0. The Morgan fingerprint density at radius 2 is 1.45 bits per heavy atom. The van der Waals surface area contributed by atoms with Crippen molar-refractivity contribution in [3.63, 3.8) is 0 Å². The van der Waals surface area contributed by atoms with Gasteiger partial charge in [-0.05, 0) is 68.5 Å². The van der Waals surface area contributed by atoms with Gasteiger partial charge < -0.3 is 9.97 Å². The van der Waals surface area contributed by atoms with E-state index in [1.807, 2.05) is 30.6 Å². The van der Waals surface area contributed by atoms with E-state index in [1.54, 1.807) is 11.3 Å². The molecule has 0 saturated heterocycles. The Balaban J connectivity index is 0.000000196. The average Bonchev–Trinajstić information content (AvgIpc) is 3.45. The van der Waals surface area contributed by atoms with Gasteiger partial charge in [0, 0.05) is 49.1 Å². The number of nitrogens with zero attached hydrogens (tertiary/aromatic N) is 3. The van der Waals surface area contributed by atoms with Gasteiger partial charge >= 0.3 is 0 Å². The van der Waals surface area contributed by atoms with E-state index in [4.69, 9.17) is 4.98 Å². The van der Waals surface area contributed by atoms with Gasteiger partial charge in [0.05, 0.1) is 8.07 Å². The van der Waals surface area contributed by atoms with Crippen molar-refractivity contribution in [3.05, 3.63) is 144 Å². The maximum absolute atomic E-state index is 4.72. The van der Waals surface area contributed by atoms with E-state index in [-0.39, 0.29) is 25.5 Å². The van der Waals surface area contributed by atoms with Crippen molar-refractivity contribution in [2.45, 2.75) is 73.0 Å². The maximum atomic E-state index is 4.72. The summed E-state index contributed by atoms with van der Waals surface area (Å²) in [5.41, 5.74) is 9.60. The minimum Gasteiger partial charge on any atom is -0.305 e. The van der Waals surface area contributed by atoms with E-state index in [0.717, 1.165) is 41.1 Å². The number of hydrogen-bond acceptors (Lipinski definition) is 4. The third-order valence-corrected chi connectivity index (χ3v) is 11.9. The zero-order chi connectivity index (χ0) is 35.5. The molecule has 3 aromatic carbocycles. The third kappa shape index (κ3) is 9.75. The molecule has 51 heavy (non-hydrogen) atoms. The van der Waals surface area contributed by atoms with Gasteiger partial charge in [-0.2, -0.15) is 11.3 Å². The molecule has 0 aliphatic carbocycles. The van der Waals surface area contributed by atoms with E-state index in [2.05, 4.69) is 155 Å². The molecular formula is C45H47IrN3SSi-2. The summed E-state index contributed by atoms with van der Waals surface area (Å²) in [4.78, 5) is 14.0. The van der Waals surface area contributed by atoms with Crippen LogP contribution >= 0.6 is 11.3 Å². The first-order valence-electron chi connectivity index (χ1n) is 17.5. The molecule has 0 bridgehead atoms. The molecule has 4 heterocycles. The van der Waals surface area contributed by atoms with Crippen LogP contribution < -0.4 is 5.19 Å². The molecule has 0 spiro atoms. The predicted octanol–water partition coefficient (Wildman–Crippen LogP) is 11.7. The standard InChI is InChI=1S/C24H25N2S.C21H22NSi.Ir/c1-15(2)20-12-19-18-11-17(6-7-22(18)27-23(19)14-26-20)21-10-16(8-9-25-21)13-24(3,4)5;1-23(2,3)21-16-22-20(18-12-8-5-9-13-18)15-19(21)14-17-10-6-4-7-11-17;/h7-12,14-15H,13H2,1-5H3;4-12,15-16H,14H2,1-3H3;/q2*-1;. The van der Waals surface area contributed by atoms with Gasteiger partial charge in [0.2, 0.25) is 0 Å². The van der Waals surface area contributed by atoms with Crippen LogP contribution in [0.3, 0.4) is 0 Å². The van der Waals surface area contributed by atoms with Crippen LogP contribution in [0.2, 0.25) is 19.6 Å². The van der Waals surface area contributed by atoms with Crippen LogP contribution in [0.25, 0.3) is 42.7 Å². The van der Waals surface area contributed by atoms with E-state index < -0.39 is 8.07 Å². The van der Waals surface area contributed by atoms with Crippen molar-refractivity contribution in [1.82, 2.24) is 15.0 Å². The van der Waals surface area contributed by atoms with Crippen molar-refractivity contribution in [3.8, 4) is 22.5 Å². The first kappa shape index (κ1) is 38.4. The summed E-state index contributed by atoms with van der Waals surface area (Å²) in [5, 5.41) is 4.01. The summed E-state index contributed by atoms with van der Waals surface area (Å²) in [6.07, 6.45) is 8.02. The first-order valence-corrected chi connectivity index (χ1v) is 21.9. The van der Waals surface area contributed by atoms with Gasteiger partial charge in [0.15, 0.2) is 0 Å². The fraction of sp³-hybridized carbons (Fsp3) is 0.267. The molecule has 0 aliphatic rings. The molecule has 7 aromatic rings. The predicted molar refractivity (Wildman–Crippen MR) is 217 cm³/mol. The zero-order valence-corrected chi connectivity index (χ0v) is 35.2. The van der Waals surface area contributed by atoms with Crippen LogP contribution in [0.1, 0.15) is 62.9 Å². The molecule has 0 amide bonds. The quantitative estimate of drug-likeness (QED) is 0.118. The summed E-state index contributed by atoms with van der Waals surface area (Å²) in [6.45, 7) is 18.3. The molecule has 0 fully saturated rings. The molecule has 0 atom stereocenters. The van der Waals surface area contributed by atoms with Crippen LogP contribution in [0.5, 0.6) is 0 Å². The number of fused-ring (bicyclic) bond motifs is 3. The van der Waals surface area contributed by atoms with Crippen molar-refractivity contribution in [2.75, 3.05) is 0 Å². The van der Waals surface area contributed by atoms with Crippen molar-refractivity contribution in [2.24, 2.45) is 5.41 Å². The fourth-order valence-electron chi connectivity index (χ4n) is 6.28. The van der Waals surface area contributed by atoms with Crippen LogP contribution in [0.15, 0.2) is 110 Å². The molecule has 3 nitrogen and oxygen atoms in total. The molecule has 0 saturated carbocycles. The van der Waals surface area contributed by atoms with Crippen LogP contribution in [-0.4, -0.2) is 23.0 Å². The van der Waals surface area contributed by atoms with Crippen molar-refractivity contribution in [1.29, 1.82) is 0 Å². The molecular weight excluding hydrogens is 835 g/mol. The van der Waals surface area contributed by atoms with Gasteiger partial charge in [0.25, 0.3) is 0 Å². The van der Waals surface area contributed by atoms with Crippen molar-refractivity contribution < 1.29 is 20.1 Å². The third-order valence-electron chi connectivity index (χ3n) is 8.76. The van der Waals surface area contributed by atoms with E-state index in [9.17, 15) is 0 Å². The van der Waals surface area contributed by atoms with Gasteiger partial charge in [0.1, 0.15) is 0 Å². The van der Waals surface area contributed by atoms with Gasteiger partial charge in [-0.1, -0.05) is 113 Å². The second-order valence-corrected chi connectivity index (χ2v) is 21.8.